The molecule has 18 heavy (non-hydrogen) atoms. The molecular formula is C14H25N3O. The lowest BCUT2D eigenvalue weighted by atomic mass is 9.94. The zero-order chi connectivity index (χ0) is 12.8. The quantitative estimate of drug-likeness (QED) is 0.618. The number of hydrogen-bond donors (Lipinski definition) is 2. The Morgan fingerprint density at radius 3 is 2.67 bits per heavy atom. The molecule has 1 aliphatic carbocycles. The van der Waals surface area contributed by atoms with E-state index >= 15 is 0 Å². The van der Waals surface area contributed by atoms with Gasteiger partial charge in [0.05, 0.1) is 5.60 Å². The molecule has 0 atom stereocenters. The molecular weight excluding hydrogens is 226 g/mol. The van der Waals surface area contributed by atoms with E-state index in [1.54, 1.807) is 0 Å². The topological polar surface area (TPSA) is 50.1 Å². The van der Waals surface area contributed by atoms with Crippen molar-refractivity contribution in [1.82, 2.24) is 14.9 Å². The maximum Gasteiger partial charge on any atom is 0.109 e. The molecule has 102 valence electrons. The molecule has 1 aromatic rings. The van der Waals surface area contributed by atoms with Crippen LogP contribution in [0.2, 0.25) is 0 Å². The van der Waals surface area contributed by atoms with Crippen molar-refractivity contribution in [2.75, 3.05) is 13.1 Å². The predicted molar refractivity (Wildman–Crippen MR) is 72.4 cm³/mol. The van der Waals surface area contributed by atoms with Crippen molar-refractivity contribution in [2.24, 2.45) is 7.05 Å². The molecule has 2 rings (SSSR count). The van der Waals surface area contributed by atoms with Crippen molar-refractivity contribution in [3.05, 3.63) is 18.2 Å². The van der Waals surface area contributed by atoms with Crippen molar-refractivity contribution < 1.29 is 5.11 Å². The molecule has 4 heteroatoms. The summed E-state index contributed by atoms with van der Waals surface area (Å²) in [7, 11) is 2.02. The zero-order valence-electron chi connectivity index (χ0n) is 11.4. The Hall–Kier alpha value is -0.870. The van der Waals surface area contributed by atoms with Gasteiger partial charge in [-0.15, -0.1) is 0 Å². The van der Waals surface area contributed by atoms with E-state index in [4.69, 9.17) is 0 Å². The second-order valence-electron chi connectivity index (χ2n) is 5.52. The highest BCUT2D eigenvalue weighted by molar-refractivity contribution is 4.92. The van der Waals surface area contributed by atoms with Gasteiger partial charge >= 0.3 is 0 Å². The molecule has 1 aromatic heterocycles. The number of hydrogen-bond acceptors (Lipinski definition) is 3. The number of imidazole rings is 1. The van der Waals surface area contributed by atoms with Crippen molar-refractivity contribution in [1.29, 1.82) is 0 Å². The monoisotopic (exact) mass is 251 g/mol. The van der Waals surface area contributed by atoms with Gasteiger partial charge in [-0.1, -0.05) is 25.7 Å². The van der Waals surface area contributed by atoms with Crippen LogP contribution in [0.5, 0.6) is 0 Å². The summed E-state index contributed by atoms with van der Waals surface area (Å²) in [6, 6.07) is 0. The van der Waals surface area contributed by atoms with E-state index in [1.807, 2.05) is 24.0 Å². The molecule has 2 N–H and O–H groups in total. The highest BCUT2D eigenvalue weighted by Gasteiger charge is 2.27. The first-order valence-corrected chi connectivity index (χ1v) is 7.09. The molecule has 0 unspecified atom stereocenters. The number of aryl methyl sites for hydroxylation is 1. The van der Waals surface area contributed by atoms with E-state index in [-0.39, 0.29) is 0 Å². The maximum atomic E-state index is 10.5. The molecule has 0 amide bonds. The van der Waals surface area contributed by atoms with Gasteiger partial charge < -0.3 is 15.0 Å². The van der Waals surface area contributed by atoms with Gasteiger partial charge in [-0.05, 0) is 12.8 Å². The number of aromatic nitrogens is 2. The van der Waals surface area contributed by atoms with E-state index in [2.05, 4.69) is 10.3 Å². The van der Waals surface area contributed by atoms with Gasteiger partial charge in [-0.3, -0.25) is 0 Å². The summed E-state index contributed by atoms with van der Waals surface area (Å²) >= 11 is 0. The average molecular weight is 251 g/mol. The normalized spacial score (nSPS) is 19.7. The number of rotatable bonds is 5. The fourth-order valence-corrected chi connectivity index (χ4v) is 2.72. The van der Waals surface area contributed by atoms with Crippen molar-refractivity contribution in [3.63, 3.8) is 0 Å². The minimum absolute atomic E-state index is 0.474. The Bertz CT molecular complexity index is 354. The molecule has 1 aliphatic rings. The van der Waals surface area contributed by atoms with Crippen LogP contribution in [-0.2, 0) is 13.5 Å². The van der Waals surface area contributed by atoms with Gasteiger partial charge in [0.25, 0.3) is 0 Å². The minimum atomic E-state index is -0.474. The Morgan fingerprint density at radius 1 is 1.33 bits per heavy atom. The smallest absolute Gasteiger partial charge is 0.109 e. The minimum Gasteiger partial charge on any atom is -0.389 e. The fourth-order valence-electron chi connectivity index (χ4n) is 2.72. The van der Waals surface area contributed by atoms with Crippen LogP contribution in [-0.4, -0.2) is 33.3 Å². The summed E-state index contributed by atoms with van der Waals surface area (Å²) in [6.45, 7) is 1.60. The van der Waals surface area contributed by atoms with Crippen LogP contribution >= 0.6 is 0 Å². The summed E-state index contributed by atoms with van der Waals surface area (Å²) in [6.07, 6.45) is 11.5. The molecule has 1 heterocycles. The van der Waals surface area contributed by atoms with E-state index in [1.165, 1.54) is 12.8 Å². The Morgan fingerprint density at radius 2 is 2.06 bits per heavy atom. The van der Waals surface area contributed by atoms with Gasteiger partial charge in [0.2, 0.25) is 0 Å². The van der Waals surface area contributed by atoms with Crippen LogP contribution in [0.4, 0.5) is 0 Å². The second-order valence-corrected chi connectivity index (χ2v) is 5.52. The summed E-state index contributed by atoms with van der Waals surface area (Å²) < 4.78 is 2.04. The first kappa shape index (κ1) is 13.6. The third-order valence-corrected chi connectivity index (χ3v) is 3.93. The van der Waals surface area contributed by atoms with Gasteiger partial charge in [0.1, 0.15) is 5.82 Å². The number of aliphatic hydroxyl groups is 1. The third-order valence-electron chi connectivity index (χ3n) is 3.93. The molecule has 4 nitrogen and oxygen atoms in total. The highest BCUT2D eigenvalue weighted by Crippen LogP contribution is 2.26. The Balaban J connectivity index is 1.69. The average Bonchev–Trinajstić information content (AvgIpc) is 2.62. The van der Waals surface area contributed by atoms with E-state index in [0.717, 1.165) is 51.0 Å². The summed E-state index contributed by atoms with van der Waals surface area (Å²) in [5.74, 6) is 1.09. The Labute approximate surface area is 109 Å². The van der Waals surface area contributed by atoms with Gasteiger partial charge in [0, 0.05) is 39.0 Å². The van der Waals surface area contributed by atoms with E-state index in [0.29, 0.717) is 0 Å². The zero-order valence-corrected chi connectivity index (χ0v) is 11.4. The lowest BCUT2D eigenvalue weighted by molar-refractivity contribution is 0.0255. The molecule has 0 aromatic carbocycles. The molecule has 0 saturated heterocycles. The maximum absolute atomic E-state index is 10.5. The molecule has 0 aliphatic heterocycles. The predicted octanol–water partition coefficient (Wildman–Crippen LogP) is 1.64. The standard InChI is InChI=1S/C14H25N3O/c1-17-11-10-16-13(17)6-9-15-12-14(18)7-4-2-3-5-8-14/h10-11,15,18H,2-9,12H2,1H3. The summed E-state index contributed by atoms with van der Waals surface area (Å²) in [5.41, 5.74) is -0.474. The number of nitrogens with one attached hydrogen (secondary N) is 1. The second kappa shape index (κ2) is 6.34. The molecule has 0 radical (unpaired) electrons. The van der Waals surface area contributed by atoms with E-state index in [9.17, 15) is 5.11 Å². The lowest BCUT2D eigenvalue weighted by Gasteiger charge is -2.26. The van der Waals surface area contributed by atoms with Gasteiger partial charge in [0.15, 0.2) is 0 Å². The van der Waals surface area contributed by atoms with Gasteiger partial charge in [-0.25, -0.2) is 4.98 Å². The van der Waals surface area contributed by atoms with Crippen LogP contribution in [0.3, 0.4) is 0 Å². The molecule has 0 bridgehead atoms. The van der Waals surface area contributed by atoms with Crippen molar-refractivity contribution >= 4 is 0 Å². The highest BCUT2D eigenvalue weighted by atomic mass is 16.3. The van der Waals surface area contributed by atoms with Crippen LogP contribution in [0, 0.1) is 0 Å². The Kier molecular flexibility index (Phi) is 4.78. The lowest BCUT2D eigenvalue weighted by Crippen LogP contribution is -2.40. The fraction of sp³-hybridized carbons (Fsp3) is 0.786. The molecule has 0 spiro atoms. The van der Waals surface area contributed by atoms with E-state index < -0.39 is 5.60 Å². The molecule has 1 fully saturated rings. The number of nitrogens with zero attached hydrogens (tertiary/aromatic N) is 2. The third kappa shape index (κ3) is 3.82. The van der Waals surface area contributed by atoms with Crippen molar-refractivity contribution in [3.8, 4) is 0 Å². The van der Waals surface area contributed by atoms with Crippen molar-refractivity contribution in [2.45, 2.75) is 50.5 Å². The van der Waals surface area contributed by atoms with Crippen LogP contribution in [0.1, 0.15) is 44.3 Å². The first-order chi connectivity index (χ1) is 8.70. The van der Waals surface area contributed by atoms with Crippen LogP contribution in [0.25, 0.3) is 0 Å². The summed E-state index contributed by atoms with van der Waals surface area (Å²) in [4.78, 5) is 4.29. The van der Waals surface area contributed by atoms with Gasteiger partial charge in [-0.2, -0.15) is 0 Å². The summed E-state index contributed by atoms with van der Waals surface area (Å²) in [5, 5.41) is 13.9. The SMILES string of the molecule is Cn1ccnc1CCNCC1(O)CCCCCC1. The van der Waals surface area contributed by atoms with Crippen LogP contribution < -0.4 is 5.32 Å². The molecule has 1 saturated carbocycles. The van der Waals surface area contributed by atoms with Crippen LogP contribution in [0.15, 0.2) is 12.4 Å². The first-order valence-electron chi connectivity index (χ1n) is 7.09. The largest absolute Gasteiger partial charge is 0.389 e.